The number of fused-ring (bicyclic) bond motifs is 1. The first kappa shape index (κ1) is 21.9. The molecule has 0 bridgehead atoms. The largest absolute Gasteiger partial charge is 0.507 e. The van der Waals surface area contributed by atoms with Crippen molar-refractivity contribution in [2.45, 2.75) is 37.4 Å². The first-order valence-electron chi connectivity index (χ1n) is 9.73. The summed E-state index contributed by atoms with van der Waals surface area (Å²) in [5.41, 5.74) is -0.606. The van der Waals surface area contributed by atoms with Crippen molar-refractivity contribution in [3.05, 3.63) is 46.1 Å². The van der Waals surface area contributed by atoms with Crippen LogP contribution in [0, 0.1) is 0 Å². The summed E-state index contributed by atoms with van der Waals surface area (Å²) in [5.74, 6) is -1.58. The van der Waals surface area contributed by atoms with Gasteiger partial charge in [-0.1, -0.05) is 0 Å². The lowest BCUT2D eigenvalue weighted by Crippen LogP contribution is -2.53. The van der Waals surface area contributed by atoms with Gasteiger partial charge in [0.05, 0.1) is 13.2 Å². The zero-order valence-corrected chi connectivity index (χ0v) is 17.1. The molecule has 0 unspecified atom stereocenters. The number of hydrogen-bond acceptors (Lipinski definition) is 10. The van der Waals surface area contributed by atoms with Gasteiger partial charge < -0.3 is 44.5 Å². The molecule has 1 aliphatic rings. The Morgan fingerprint density at radius 2 is 1.66 bits per heavy atom. The van der Waals surface area contributed by atoms with Gasteiger partial charge in [0.25, 0.3) is 0 Å². The molecule has 1 saturated heterocycles. The fourth-order valence-corrected chi connectivity index (χ4v) is 3.82. The van der Waals surface area contributed by atoms with E-state index in [2.05, 4.69) is 0 Å². The van der Waals surface area contributed by atoms with Crippen LogP contribution in [0.4, 0.5) is 0 Å². The molecule has 4 rings (SSSR count). The van der Waals surface area contributed by atoms with Gasteiger partial charge in [-0.3, -0.25) is 4.79 Å². The number of methoxy groups -OCH3 is 1. The molecule has 10 heteroatoms. The van der Waals surface area contributed by atoms with Crippen LogP contribution >= 0.6 is 0 Å². The summed E-state index contributed by atoms with van der Waals surface area (Å²) in [4.78, 5) is 12.8. The molecule has 0 spiro atoms. The van der Waals surface area contributed by atoms with Gasteiger partial charge in [-0.15, -0.1) is 0 Å². The van der Waals surface area contributed by atoms with Crippen LogP contribution in [0.15, 0.2) is 39.5 Å². The van der Waals surface area contributed by atoms with E-state index in [-0.39, 0.29) is 39.4 Å². The Bertz CT molecular complexity index is 1230. The lowest BCUT2D eigenvalue weighted by atomic mass is 9.91. The molecule has 0 radical (unpaired) electrons. The maximum absolute atomic E-state index is 12.8. The average Bonchev–Trinajstić information content (AvgIpc) is 2.77. The van der Waals surface area contributed by atoms with Crippen LogP contribution in [0.25, 0.3) is 22.3 Å². The predicted molar refractivity (Wildman–Crippen MR) is 111 cm³/mol. The van der Waals surface area contributed by atoms with E-state index in [1.165, 1.54) is 38.3 Å². The Kier molecular flexibility index (Phi) is 5.47. The monoisotopic (exact) mass is 446 g/mol. The van der Waals surface area contributed by atoms with Gasteiger partial charge in [-0.2, -0.15) is 0 Å². The third-order valence-electron chi connectivity index (χ3n) is 5.60. The van der Waals surface area contributed by atoms with Crippen LogP contribution in [0.1, 0.15) is 18.6 Å². The van der Waals surface area contributed by atoms with Crippen LogP contribution in [0.2, 0.25) is 0 Å². The van der Waals surface area contributed by atoms with Crippen molar-refractivity contribution >= 4 is 11.0 Å². The van der Waals surface area contributed by atoms with Gasteiger partial charge >= 0.3 is 0 Å². The SMILES string of the molecule is COc1cc(-c2oc3cc([C@H]4O[C@@H](C)[C@H](O)[C@@H](O)[C@H]4O)cc(O)c3c(=O)c2O)ccc1O. The maximum Gasteiger partial charge on any atom is 0.238 e. The Balaban J connectivity index is 1.89. The summed E-state index contributed by atoms with van der Waals surface area (Å²) in [6.45, 7) is 1.52. The zero-order valence-electron chi connectivity index (χ0n) is 17.1. The molecule has 170 valence electrons. The molecule has 1 aromatic heterocycles. The lowest BCUT2D eigenvalue weighted by molar-refractivity contribution is -0.219. The van der Waals surface area contributed by atoms with E-state index >= 15 is 0 Å². The van der Waals surface area contributed by atoms with Crippen molar-refractivity contribution in [2.24, 2.45) is 0 Å². The summed E-state index contributed by atoms with van der Waals surface area (Å²) in [7, 11) is 1.33. The minimum Gasteiger partial charge on any atom is -0.507 e. The number of ether oxygens (including phenoxy) is 2. The minimum atomic E-state index is -1.51. The first-order valence-corrected chi connectivity index (χ1v) is 9.73. The van der Waals surface area contributed by atoms with Gasteiger partial charge in [0.1, 0.15) is 41.1 Å². The number of rotatable bonds is 3. The molecule has 10 nitrogen and oxygen atoms in total. The first-order chi connectivity index (χ1) is 15.1. The van der Waals surface area contributed by atoms with Crippen molar-refractivity contribution in [1.29, 1.82) is 0 Å². The van der Waals surface area contributed by atoms with E-state index in [1.54, 1.807) is 0 Å². The number of phenolic OH excluding ortho intramolecular Hbond substituents is 2. The highest BCUT2D eigenvalue weighted by Gasteiger charge is 2.42. The molecule has 1 fully saturated rings. The summed E-state index contributed by atoms with van der Waals surface area (Å²) in [6, 6.07) is 6.55. The van der Waals surface area contributed by atoms with Crippen LogP contribution < -0.4 is 10.2 Å². The number of aromatic hydroxyl groups is 3. The number of aliphatic hydroxyl groups is 3. The minimum absolute atomic E-state index is 0.0847. The zero-order chi connectivity index (χ0) is 23.3. The molecule has 0 amide bonds. The summed E-state index contributed by atoms with van der Waals surface area (Å²) in [6.07, 6.45) is -6.25. The predicted octanol–water partition coefficient (Wildman–Crippen LogP) is 1.13. The van der Waals surface area contributed by atoms with Gasteiger partial charge in [0, 0.05) is 5.56 Å². The number of hydrogen-bond donors (Lipinski definition) is 6. The van der Waals surface area contributed by atoms with Crippen LogP contribution in [-0.4, -0.2) is 62.2 Å². The molecule has 0 saturated carbocycles. The average molecular weight is 446 g/mol. The standard InChI is InChI=1S/C22H22O10/c1-8-16(25)18(27)20(29)22(31-8)10-5-12(24)15-14(7-10)32-21(19(28)17(15)26)9-3-4-11(23)13(6-9)30-2/h3-8,16,18,20,22-25,27-29H,1-2H3/t8-,16-,18+,20+,22+/m0/s1. The normalized spacial score (nSPS) is 25.7. The Morgan fingerprint density at radius 3 is 2.34 bits per heavy atom. The third kappa shape index (κ3) is 3.43. The van der Waals surface area contributed by atoms with E-state index in [0.29, 0.717) is 0 Å². The molecule has 2 heterocycles. The van der Waals surface area contributed by atoms with Gasteiger partial charge in [0.2, 0.25) is 11.2 Å². The highest BCUT2D eigenvalue weighted by Crippen LogP contribution is 2.40. The van der Waals surface area contributed by atoms with Crippen LogP contribution in [0.3, 0.4) is 0 Å². The van der Waals surface area contributed by atoms with Gasteiger partial charge in [-0.25, -0.2) is 0 Å². The molecule has 0 aliphatic carbocycles. The fourth-order valence-electron chi connectivity index (χ4n) is 3.82. The number of benzene rings is 2. The van der Waals surface area contributed by atoms with Crippen molar-refractivity contribution in [2.75, 3.05) is 7.11 Å². The molecular formula is C22H22O10. The van der Waals surface area contributed by atoms with Crippen molar-refractivity contribution < 1.29 is 44.5 Å². The molecule has 2 aromatic carbocycles. The molecule has 3 aromatic rings. The third-order valence-corrected chi connectivity index (χ3v) is 5.60. The second kappa shape index (κ2) is 7.99. The topological polar surface area (TPSA) is 170 Å². The van der Waals surface area contributed by atoms with Gasteiger partial charge in [0.15, 0.2) is 17.3 Å². The van der Waals surface area contributed by atoms with E-state index in [0.717, 1.165) is 6.07 Å². The molecule has 5 atom stereocenters. The van der Waals surface area contributed by atoms with Crippen molar-refractivity contribution in [3.63, 3.8) is 0 Å². The van der Waals surface area contributed by atoms with Crippen molar-refractivity contribution in [3.8, 4) is 34.3 Å². The molecule has 6 N–H and O–H groups in total. The molecule has 32 heavy (non-hydrogen) atoms. The summed E-state index contributed by atoms with van der Waals surface area (Å²) in [5, 5.41) is 60.7. The lowest BCUT2D eigenvalue weighted by Gasteiger charge is -2.39. The molecule has 1 aliphatic heterocycles. The van der Waals surface area contributed by atoms with Crippen LogP contribution in [0.5, 0.6) is 23.0 Å². The van der Waals surface area contributed by atoms with Crippen molar-refractivity contribution in [1.82, 2.24) is 0 Å². The smallest absolute Gasteiger partial charge is 0.238 e. The maximum atomic E-state index is 12.8. The Morgan fingerprint density at radius 1 is 0.938 bits per heavy atom. The quantitative estimate of drug-likeness (QED) is 0.343. The highest BCUT2D eigenvalue weighted by molar-refractivity contribution is 5.87. The fraction of sp³-hybridized carbons (Fsp3) is 0.318. The van der Waals surface area contributed by atoms with E-state index in [1.807, 2.05) is 0 Å². The summed E-state index contributed by atoms with van der Waals surface area (Å²) >= 11 is 0. The van der Waals surface area contributed by atoms with Crippen LogP contribution in [-0.2, 0) is 4.74 Å². The Labute approximate surface area is 181 Å². The van der Waals surface area contributed by atoms with Gasteiger partial charge in [-0.05, 0) is 42.8 Å². The second-order valence-corrected chi connectivity index (χ2v) is 7.64. The summed E-state index contributed by atoms with van der Waals surface area (Å²) < 4.78 is 16.4. The van der Waals surface area contributed by atoms with E-state index < -0.39 is 47.4 Å². The second-order valence-electron chi connectivity index (χ2n) is 7.64. The Hall–Kier alpha value is -3.31. The van der Waals surface area contributed by atoms with E-state index in [9.17, 15) is 35.4 Å². The number of phenols is 2. The van der Waals surface area contributed by atoms with E-state index in [4.69, 9.17) is 13.9 Å². The molecular weight excluding hydrogens is 424 g/mol. The highest BCUT2D eigenvalue weighted by atomic mass is 16.5. The number of aliphatic hydroxyl groups excluding tert-OH is 3.